The molecule has 1 aliphatic rings. The largest absolute Gasteiger partial charge is 0.452 e. The average molecular weight is 330 g/mol. The maximum Gasteiger partial charge on any atom is 0.340 e. The molecule has 1 saturated heterocycles. The van der Waals surface area contributed by atoms with Gasteiger partial charge in [0.15, 0.2) is 6.61 Å². The molecule has 4 nitrogen and oxygen atoms in total. The standard InChI is InChI=1S/C15H17Cl2NO3/c16-12-7-5-6-11(14(12)17)15(20)21-10-13(19)18-8-3-1-2-4-9-18/h5-7H,1-4,8-10H2. The van der Waals surface area contributed by atoms with Gasteiger partial charge in [0.2, 0.25) is 0 Å². The van der Waals surface area contributed by atoms with E-state index in [0.717, 1.165) is 38.8 Å². The normalized spacial score (nSPS) is 15.4. The molecule has 0 N–H and O–H groups in total. The number of carbonyl (C=O) groups is 2. The van der Waals surface area contributed by atoms with Crippen LogP contribution in [0.15, 0.2) is 18.2 Å². The summed E-state index contributed by atoms with van der Waals surface area (Å²) in [5.74, 6) is -0.797. The first-order valence-electron chi connectivity index (χ1n) is 6.98. The summed E-state index contributed by atoms with van der Waals surface area (Å²) in [6, 6.07) is 4.72. The van der Waals surface area contributed by atoms with Crippen LogP contribution in [0.5, 0.6) is 0 Å². The fraction of sp³-hybridized carbons (Fsp3) is 0.467. The summed E-state index contributed by atoms with van der Waals surface area (Å²) < 4.78 is 5.05. The molecule has 1 aliphatic heterocycles. The number of hydrogen-bond acceptors (Lipinski definition) is 3. The summed E-state index contributed by atoms with van der Waals surface area (Å²) in [4.78, 5) is 25.7. The van der Waals surface area contributed by atoms with Crippen molar-refractivity contribution in [1.82, 2.24) is 4.90 Å². The monoisotopic (exact) mass is 329 g/mol. The van der Waals surface area contributed by atoms with Gasteiger partial charge in [0.05, 0.1) is 15.6 Å². The molecule has 1 aromatic carbocycles. The Hall–Kier alpha value is -1.26. The van der Waals surface area contributed by atoms with Crippen LogP contribution in [0.1, 0.15) is 36.0 Å². The van der Waals surface area contributed by atoms with Crippen molar-refractivity contribution in [2.75, 3.05) is 19.7 Å². The van der Waals surface area contributed by atoms with Crippen molar-refractivity contribution in [3.63, 3.8) is 0 Å². The highest BCUT2D eigenvalue weighted by Gasteiger charge is 2.19. The zero-order valence-corrected chi connectivity index (χ0v) is 13.1. The number of rotatable bonds is 3. The number of likely N-dealkylation sites (tertiary alicyclic amines) is 1. The Labute approximate surface area is 134 Å². The van der Waals surface area contributed by atoms with Gasteiger partial charge in [0.25, 0.3) is 5.91 Å². The maximum absolute atomic E-state index is 12.0. The van der Waals surface area contributed by atoms with Crippen molar-refractivity contribution in [3.8, 4) is 0 Å². The lowest BCUT2D eigenvalue weighted by Crippen LogP contribution is -2.35. The minimum atomic E-state index is -0.634. The first kappa shape index (κ1) is 16.1. The summed E-state index contributed by atoms with van der Waals surface area (Å²) in [7, 11) is 0. The van der Waals surface area contributed by atoms with Gasteiger partial charge >= 0.3 is 5.97 Å². The Morgan fingerprint density at radius 3 is 2.43 bits per heavy atom. The predicted molar refractivity (Wildman–Crippen MR) is 81.8 cm³/mol. The average Bonchev–Trinajstić information content (AvgIpc) is 2.76. The third-order valence-electron chi connectivity index (χ3n) is 3.46. The van der Waals surface area contributed by atoms with Gasteiger partial charge in [-0.15, -0.1) is 0 Å². The summed E-state index contributed by atoms with van der Waals surface area (Å²) in [5, 5.41) is 0.427. The molecule has 1 amide bonds. The Morgan fingerprint density at radius 1 is 1.10 bits per heavy atom. The molecule has 0 spiro atoms. The molecule has 0 saturated carbocycles. The van der Waals surface area contributed by atoms with Crippen molar-refractivity contribution in [2.45, 2.75) is 25.7 Å². The van der Waals surface area contributed by atoms with Crippen molar-refractivity contribution >= 4 is 35.1 Å². The molecule has 2 rings (SSSR count). The zero-order valence-electron chi connectivity index (χ0n) is 11.6. The molecule has 21 heavy (non-hydrogen) atoms. The van der Waals surface area contributed by atoms with E-state index in [0.29, 0.717) is 0 Å². The highest BCUT2D eigenvalue weighted by molar-refractivity contribution is 6.43. The van der Waals surface area contributed by atoms with E-state index in [2.05, 4.69) is 0 Å². The van der Waals surface area contributed by atoms with Gasteiger partial charge in [-0.2, -0.15) is 0 Å². The van der Waals surface area contributed by atoms with E-state index in [1.807, 2.05) is 0 Å². The molecule has 1 heterocycles. The van der Waals surface area contributed by atoms with Gasteiger partial charge < -0.3 is 9.64 Å². The number of halogens is 2. The lowest BCUT2D eigenvalue weighted by atomic mass is 10.2. The van der Waals surface area contributed by atoms with Crippen LogP contribution in [0.25, 0.3) is 0 Å². The van der Waals surface area contributed by atoms with Gasteiger partial charge in [0.1, 0.15) is 0 Å². The van der Waals surface area contributed by atoms with E-state index in [9.17, 15) is 9.59 Å². The third-order valence-corrected chi connectivity index (χ3v) is 4.28. The molecule has 114 valence electrons. The molecular formula is C15H17Cl2NO3. The number of amides is 1. The number of esters is 1. The van der Waals surface area contributed by atoms with Gasteiger partial charge in [0, 0.05) is 13.1 Å². The van der Waals surface area contributed by atoms with Crippen LogP contribution in [-0.2, 0) is 9.53 Å². The molecule has 0 bridgehead atoms. The van der Waals surface area contributed by atoms with Crippen molar-refractivity contribution in [2.24, 2.45) is 0 Å². The molecule has 0 atom stereocenters. The summed E-state index contributed by atoms with van der Waals surface area (Å²) in [5.41, 5.74) is 0.174. The van der Waals surface area contributed by atoms with Gasteiger partial charge in [-0.3, -0.25) is 4.79 Å². The molecule has 0 aliphatic carbocycles. The maximum atomic E-state index is 12.0. The van der Waals surface area contributed by atoms with Gasteiger partial charge in [-0.05, 0) is 25.0 Å². The van der Waals surface area contributed by atoms with E-state index in [1.54, 1.807) is 17.0 Å². The molecular weight excluding hydrogens is 313 g/mol. The minimum Gasteiger partial charge on any atom is -0.452 e. The predicted octanol–water partition coefficient (Wildman–Crippen LogP) is 3.55. The van der Waals surface area contributed by atoms with Crippen LogP contribution in [0.4, 0.5) is 0 Å². The Bertz CT molecular complexity index is 526. The van der Waals surface area contributed by atoms with Crippen LogP contribution < -0.4 is 0 Å². The quantitative estimate of drug-likeness (QED) is 0.796. The third kappa shape index (κ3) is 4.35. The first-order valence-corrected chi connectivity index (χ1v) is 7.74. The van der Waals surface area contributed by atoms with Crippen LogP contribution >= 0.6 is 23.2 Å². The summed E-state index contributed by atoms with van der Waals surface area (Å²) >= 11 is 11.8. The smallest absolute Gasteiger partial charge is 0.340 e. The number of nitrogens with zero attached hydrogens (tertiary/aromatic N) is 1. The van der Waals surface area contributed by atoms with E-state index >= 15 is 0 Å². The van der Waals surface area contributed by atoms with Gasteiger partial charge in [-0.25, -0.2) is 4.79 Å². The highest BCUT2D eigenvalue weighted by atomic mass is 35.5. The van der Waals surface area contributed by atoms with Crippen molar-refractivity contribution in [3.05, 3.63) is 33.8 Å². The second-order valence-electron chi connectivity index (χ2n) is 4.97. The van der Waals surface area contributed by atoms with Crippen LogP contribution in [0.2, 0.25) is 10.0 Å². The number of carbonyl (C=O) groups excluding carboxylic acids is 2. The number of ether oxygens (including phenoxy) is 1. The minimum absolute atomic E-state index is 0.145. The fourth-order valence-corrected chi connectivity index (χ4v) is 2.66. The van der Waals surface area contributed by atoms with E-state index in [4.69, 9.17) is 27.9 Å². The summed E-state index contributed by atoms with van der Waals surface area (Å²) in [6.07, 6.45) is 4.28. The second-order valence-corrected chi connectivity index (χ2v) is 5.76. The molecule has 0 unspecified atom stereocenters. The lowest BCUT2D eigenvalue weighted by molar-refractivity contribution is -0.134. The van der Waals surface area contributed by atoms with Crippen LogP contribution in [0.3, 0.4) is 0 Å². The topological polar surface area (TPSA) is 46.6 Å². The lowest BCUT2D eigenvalue weighted by Gasteiger charge is -2.20. The second kappa shape index (κ2) is 7.66. The van der Waals surface area contributed by atoms with E-state index in [-0.39, 0.29) is 28.1 Å². The SMILES string of the molecule is O=C(OCC(=O)N1CCCCCC1)c1cccc(Cl)c1Cl. The van der Waals surface area contributed by atoms with Gasteiger partial charge in [-0.1, -0.05) is 42.1 Å². The molecule has 1 fully saturated rings. The molecule has 0 radical (unpaired) electrons. The number of hydrogen-bond donors (Lipinski definition) is 0. The van der Waals surface area contributed by atoms with E-state index in [1.165, 1.54) is 6.07 Å². The Morgan fingerprint density at radius 2 is 1.76 bits per heavy atom. The zero-order chi connectivity index (χ0) is 15.2. The Kier molecular flexibility index (Phi) is 5.88. The van der Waals surface area contributed by atoms with Crippen LogP contribution in [0, 0.1) is 0 Å². The fourth-order valence-electron chi connectivity index (χ4n) is 2.28. The van der Waals surface area contributed by atoms with Crippen molar-refractivity contribution in [1.29, 1.82) is 0 Å². The van der Waals surface area contributed by atoms with E-state index < -0.39 is 5.97 Å². The highest BCUT2D eigenvalue weighted by Crippen LogP contribution is 2.26. The van der Waals surface area contributed by atoms with Crippen molar-refractivity contribution < 1.29 is 14.3 Å². The first-order chi connectivity index (χ1) is 10.1. The molecule has 0 aromatic heterocycles. The summed E-state index contributed by atoms with van der Waals surface area (Å²) in [6.45, 7) is 1.20. The molecule has 1 aromatic rings. The number of benzene rings is 1. The van der Waals surface area contributed by atoms with Crippen LogP contribution in [-0.4, -0.2) is 36.5 Å². The Balaban J connectivity index is 1.91. The molecule has 6 heteroatoms.